The highest BCUT2D eigenvalue weighted by Crippen LogP contribution is 2.56. The summed E-state index contributed by atoms with van der Waals surface area (Å²) in [6.07, 6.45) is 2.60. The van der Waals surface area contributed by atoms with Crippen LogP contribution in [0.15, 0.2) is 0 Å². The van der Waals surface area contributed by atoms with E-state index in [2.05, 4.69) is 0 Å². The first-order valence-electron chi connectivity index (χ1n) is 4.94. The largest absolute Gasteiger partial charge is 0.550 e. The Labute approximate surface area is 81.9 Å². The van der Waals surface area contributed by atoms with E-state index in [-0.39, 0.29) is 0 Å². The third-order valence-corrected chi connectivity index (χ3v) is 4.11. The van der Waals surface area contributed by atoms with Gasteiger partial charge in [0.15, 0.2) is 0 Å². The van der Waals surface area contributed by atoms with Gasteiger partial charge >= 0.3 is 0 Å². The molecule has 0 unspecified atom stereocenters. The predicted octanol–water partition coefficient (Wildman–Crippen LogP) is -1.17. The highest BCUT2D eigenvalue weighted by atomic mass is 16.4. The van der Waals surface area contributed by atoms with Crippen molar-refractivity contribution in [3.63, 3.8) is 0 Å². The standard InChI is InChI=1S/C10H14O4/c11-7(12)9-1-2-10(5-3-9,6-4-9)8(13)14/h1-6H2,(H,11,12)(H,13,14)/p-2. The summed E-state index contributed by atoms with van der Waals surface area (Å²) in [6.45, 7) is 0. The minimum atomic E-state index is -1.01. The van der Waals surface area contributed by atoms with Crippen molar-refractivity contribution in [3.05, 3.63) is 0 Å². The molecule has 14 heavy (non-hydrogen) atoms. The van der Waals surface area contributed by atoms with E-state index >= 15 is 0 Å². The van der Waals surface area contributed by atoms with E-state index in [0.29, 0.717) is 38.5 Å². The molecule has 3 fully saturated rings. The average Bonchev–Trinajstić information content (AvgIpc) is 2.20. The topological polar surface area (TPSA) is 80.3 Å². The fourth-order valence-electron chi connectivity index (χ4n) is 2.80. The smallest absolute Gasteiger partial charge is 0.0476 e. The summed E-state index contributed by atoms with van der Waals surface area (Å²) in [5, 5.41) is 21.9. The van der Waals surface area contributed by atoms with Crippen LogP contribution in [0.5, 0.6) is 0 Å². The number of carbonyl (C=O) groups is 2. The maximum atomic E-state index is 10.9. The van der Waals surface area contributed by atoms with Crippen LogP contribution in [0.2, 0.25) is 0 Å². The zero-order valence-corrected chi connectivity index (χ0v) is 7.88. The van der Waals surface area contributed by atoms with Gasteiger partial charge in [0.05, 0.1) is 0 Å². The normalized spacial score (nSPS) is 40.9. The summed E-state index contributed by atoms with van der Waals surface area (Å²) < 4.78 is 0. The third kappa shape index (κ3) is 1.06. The number of hydrogen-bond acceptors (Lipinski definition) is 4. The number of aliphatic carboxylic acids is 2. The molecule has 0 atom stereocenters. The van der Waals surface area contributed by atoms with Gasteiger partial charge in [0.2, 0.25) is 0 Å². The van der Waals surface area contributed by atoms with Gasteiger partial charge < -0.3 is 19.8 Å². The quantitative estimate of drug-likeness (QED) is 0.557. The van der Waals surface area contributed by atoms with Crippen molar-refractivity contribution >= 4 is 11.9 Å². The van der Waals surface area contributed by atoms with Gasteiger partial charge in [-0.05, 0) is 38.5 Å². The Morgan fingerprint density at radius 2 is 0.929 bits per heavy atom. The number of hydrogen-bond donors (Lipinski definition) is 0. The van der Waals surface area contributed by atoms with E-state index in [1.165, 1.54) is 0 Å². The number of fused-ring (bicyclic) bond motifs is 3. The van der Waals surface area contributed by atoms with Crippen molar-refractivity contribution in [3.8, 4) is 0 Å². The monoisotopic (exact) mass is 196 g/mol. The van der Waals surface area contributed by atoms with E-state index in [4.69, 9.17) is 0 Å². The first kappa shape index (κ1) is 9.49. The zero-order chi connectivity index (χ0) is 10.4. The lowest BCUT2D eigenvalue weighted by Gasteiger charge is -2.54. The predicted molar refractivity (Wildman–Crippen MR) is 42.6 cm³/mol. The van der Waals surface area contributed by atoms with Gasteiger partial charge in [0.25, 0.3) is 0 Å². The molecule has 0 aromatic carbocycles. The molecule has 0 spiro atoms. The van der Waals surface area contributed by atoms with E-state index in [1.807, 2.05) is 0 Å². The van der Waals surface area contributed by atoms with Crippen molar-refractivity contribution < 1.29 is 19.8 Å². The van der Waals surface area contributed by atoms with Gasteiger partial charge in [-0.2, -0.15) is 0 Å². The molecule has 78 valence electrons. The van der Waals surface area contributed by atoms with Crippen molar-refractivity contribution in [2.24, 2.45) is 10.8 Å². The number of carboxylic acid groups (broad SMARTS) is 2. The molecular weight excluding hydrogens is 184 g/mol. The Morgan fingerprint density at radius 3 is 1.07 bits per heavy atom. The number of carbonyl (C=O) groups excluding carboxylic acids is 2. The lowest BCUT2D eigenvalue weighted by atomic mass is 9.54. The van der Waals surface area contributed by atoms with Gasteiger partial charge in [0.1, 0.15) is 0 Å². The van der Waals surface area contributed by atoms with Crippen LogP contribution < -0.4 is 10.2 Å². The lowest BCUT2D eigenvalue weighted by Crippen LogP contribution is -2.56. The Kier molecular flexibility index (Phi) is 1.84. The van der Waals surface area contributed by atoms with E-state index in [0.717, 1.165) is 0 Å². The van der Waals surface area contributed by atoms with Gasteiger partial charge in [0, 0.05) is 22.8 Å². The number of carboxylic acids is 2. The fourth-order valence-corrected chi connectivity index (χ4v) is 2.80. The van der Waals surface area contributed by atoms with Crippen LogP contribution in [0.4, 0.5) is 0 Å². The summed E-state index contributed by atoms with van der Waals surface area (Å²) in [6, 6.07) is 0. The molecule has 3 rings (SSSR count). The highest BCUT2D eigenvalue weighted by molar-refractivity contribution is 5.77. The van der Waals surface area contributed by atoms with Crippen molar-refractivity contribution in [1.29, 1.82) is 0 Å². The molecule has 3 saturated carbocycles. The summed E-state index contributed by atoms with van der Waals surface area (Å²) in [7, 11) is 0. The molecular formula is C10H12O4-2. The highest BCUT2D eigenvalue weighted by Gasteiger charge is 2.49. The molecule has 3 aliphatic rings. The molecule has 0 heterocycles. The summed E-state index contributed by atoms with van der Waals surface area (Å²) in [5.74, 6) is -2.02. The van der Waals surface area contributed by atoms with Crippen LogP contribution in [0.25, 0.3) is 0 Å². The fraction of sp³-hybridized carbons (Fsp3) is 0.800. The second-order valence-electron chi connectivity index (χ2n) is 4.64. The van der Waals surface area contributed by atoms with E-state index < -0.39 is 22.8 Å². The second kappa shape index (κ2) is 2.72. The molecule has 0 radical (unpaired) electrons. The zero-order valence-electron chi connectivity index (χ0n) is 7.88. The molecule has 4 nitrogen and oxygen atoms in total. The van der Waals surface area contributed by atoms with E-state index in [1.54, 1.807) is 0 Å². The average molecular weight is 196 g/mol. The summed E-state index contributed by atoms with van der Waals surface area (Å²) >= 11 is 0. The van der Waals surface area contributed by atoms with Crippen LogP contribution >= 0.6 is 0 Å². The first-order valence-corrected chi connectivity index (χ1v) is 4.94. The van der Waals surface area contributed by atoms with E-state index in [9.17, 15) is 19.8 Å². The lowest BCUT2D eigenvalue weighted by molar-refractivity contribution is -0.336. The molecule has 0 N–H and O–H groups in total. The van der Waals surface area contributed by atoms with Crippen molar-refractivity contribution in [1.82, 2.24) is 0 Å². The molecule has 0 amide bonds. The molecule has 4 heteroatoms. The third-order valence-electron chi connectivity index (χ3n) is 4.11. The Morgan fingerprint density at radius 1 is 0.714 bits per heavy atom. The van der Waals surface area contributed by atoms with Crippen LogP contribution in [0.3, 0.4) is 0 Å². The molecule has 0 aromatic rings. The Balaban J connectivity index is 2.21. The minimum absolute atomic E-state index is 0.434. The van der Waals surface area contributed by atoms with Crippen LogP contribution in [0.1, 0.15) is 38.5 Å². The maximum Gasteiger partial charge on any atom is 0.0476 e. The SMILES string of the molecule is O=C([O-])C12CCC(C(=O)[O-])(CC1)CC2. The maximum absolute atomic E-state index is 10.9. The van der Waals surface area contributed by atoms with Gasteiger partial charge in [-0.25, -0.2) is 0 Å². The van der Waals surface area contributed by atoms with Crippen LogP contribution in [-0.4, -0.2) is 11.9 Å². The molecule has 3 aliphatic carbocycles. The van der Waals surface area contributed by atoms with Crippen LogP contribution in [-0.2, 0) is 9.59 Å². The Bertz CT molecular complexity index is 240. The molecule has 2 bridgehead atoms. The minimum Gasteiger partial charge on any atom is -0.550 e. The van der Waals surface area contributed by atoms with Gasteiger partial charge in [-0.15, -0.1) is 0 Å². The van der Waals surface area contributed by atoms with Gasteiger partial charge in [-0.3, -0.25) is 0 Å². The molecule has 0 saturated heterocycles. The van der Waals surface area contributed by atoms with Gasteiger partial charge in [-0.1, -0.05) is 0 Å². The summed E-state index contributed by atoms with van der Waals surface area (Å²) in [4.78, 5) is 21.9. The van der Waals surface area contributed by atoms with Crippen molar-refractivity contribution in [2.75, 3.05) is 0 Å². The number of rotatable bonds is 2. The summed E-state index contributed by atoms with van der Waals surface area (Å²) in [5.41, 5.74) is -1.48. The van der Waals surface area contributed by atoms with Crippen LogP contribution in [0, 0.1) is 10.8 Å². The molecule has 0 aromatic heterocycles. The molecule has 0 aliphatic heterocycles. The Hall–Kier alpha value is -1.06. The van der Waals surface area contributed by atoms with Crippen molar-refractivity contribution in [2.45, 2.75) is 38.5 Å². The second-order valence-corrected chi connectivity index (χ2v) is 4.64. The first-order chi connectivity index (χ1) is 6.51.